The third kappa shape index (κ3) is 3.99. The van der Waals surface area contributed by atoms with Crippen LogP contribution in [-0.4, -0.2) is 32.3 Å². The highest BCUT2D eigenvalue weighted by molar-refractivity contribution is 5.79. The summed E-state index contributed by atoms with van der Waals surface area (Å²) in [7, 11) is 0. The topological polar surface area (TPSA) is 93.2 Å². The molecule has 0 bridgehead atoms. The van der Waals surface area contributed by atoms with Crippen LogP contribution < -0.4 is 10.6 Å². The highest BCUT2D eigenvalue weighted by Gasteiger charge is 2.17. The molecule has 140 valence electrons. The van der Waals surface area contributed by atoms with Crippen molar-refractivity contribution in [2.24, 2.45) is 4.99 Å². The third-order valence-electron chi connectivity index (χ3n) is 4.42. The van der Waals surface area contributed by atoms with Gasteiger partial charge in [0.25, 0.3) is 0 Å². The Labute approximate surface area is 157 Å². The second-order valence-electron chi connectivity index (χ2n) is 6.35. The van der Waals surface area contributed by atoms with Gasteiger partial charge in [-0.05, 0) is 25.5 Å². The van der Waals surface area contributed by atoms with Gasteiger partial charge in [-0.1, -0.05) is 18.2 Å². The number of hydrogen-bond acceptors (Lipinski definition) is 5. The Morgan fingerprint density at radius 2 is 2.11 bits per heavy atom. The van der Waals surface area contributed by atoms with Gasteiger partial charge < -0.3 is 19.6 Å². The van der Waals surface area contributed by atoms with E-state index in [1.807, 2.05) is 37.3 Å². The van der Waals surface area contributed by atoms with Crippen molar-refractivity contribution in [3.05, 3.63) is 53.9 Å². The minimum Gasteiger partial charge on any atom is -0.444 e. The number of oxazole rings is 1. The molecule has 1 aliphatic heterocycles. The van der Waals surface area contributed by atoms with Crippen LogP contribution in [0.5, 0.6) is 0 Å². The van der Waals surface area contributed by atoms with Gasteiger partial charge in [-0.15, -0.1) is 10.2 Å². The van der Waals surface area contributed by atoms with E-state index in [-0.39, 0.29) is 0 Å². The predicted octanol–water partition coefficient (Wildman–Crippen LogP) is 2.13. The third-order valence-corrected chi connectivity index (χ3v) is 4.42. The van der Waals surface area contributed by atoms with Gasteiger partial charge in [-0.3, -0.25) is 0 Å². The maximum absolute atomic E-state index is 5.57. The van der Waals surface area contributed by atoms with Crippen LogP contribution in [0, 0.1) is 0 Å². The highest BCUT2D eigenvalue weighted by atomic mass is 16.3. The fourth-order valence-corrected chi connectivity index (χ4v) is 3.10. The van der Waals surface area contributed by atoms with E-state index in [0.717, 1.165) is 54.8 Å². The van der Waals surface area contributed by atoms with Crippen LogP contribution in [0.25, 0.3) is 11.5 Å². The number of aryl methyl sites for hydroxylation is 1. The van der Waals surface area contributed by atoms with Crippen LogP contribution >= 0.6 is 0 Å². The zero-order valence-corrected chi connectivity index (χ0v) is 15.4. The normalized spacial score (nSPS) is 13.6. The van der Waals surface area contributed by atoms with E-state index < -0.39 is 0 Å². The van der Waals surface area contributed by atoms with Gasteiger partial charge >= 0.3 is 0 Å². The number of rotatable bonds is 6. The van der Waals surface area contributed by atoms with E-state index in [0.29, 0.717) is 19.0 Å². The number of nitrogens with zero attached hydrogens (tertiary/aromatic N) is 5. The van der Waals surface area contributed by atoms with Crippen LogP contribution in [-0.2, 0) is 26.1 Å². The zero-order chi connectivity index (χ0) is 18.5. The molecule has 8 nitrogen and oxygen atoms in total. The van der Waals surface area contributed by atoms with Crippen molar-refractivity contribution in [2.75, 3.05) is 6.54 Å². The van der Waals surface area contributed by atoms with Crippen molar-refractivity contribution in [1.29, 1.82) is 0 Å². The van der Waals surface area contributed by atoms with Crippen molar-refractivity contribution in [1.82, 2.24) is 30.4 Å². The quantitative estimate of drug-likeness (QED) is 0.513. The lowest BCUT2D eigenvalue weighted by Gasteiger charge is -2.10. The standard InChI is InChI=1S/C19H23N7O/c1-2-20-19(22-12-17-25-24-16-9-6-10-26(16)17)21-11-15-13-27-18(23-15)14-7-4-3-5-8-14/h3-5,7-8,13H,2,6,9-12H2,1H3,(H2,20,21,22). The smallest absolute Gasteiger partial charge is 0.226 e. The number of aliphatic imine (C=N–C) groups is 1. The summed E-state index contributed by atoms with van der Waals surface area (Å²) < 4.78 is 7.75. The molecule has 4 rings (SSSR count). The number of fused-ring (bicyclic) bond motifs is 1. The summed E-state index contributed by atoms with van der Waals surface area (Å²) in [5.74, 6) is 3.35. The number of nitrogens with one attached hydrogen (secondary N) is 2. The second kappa shape index (κ2) is 8.03. The van der Waals surface area contributed by atoms with Crippen LogP contribution in [0.3, 0.4) is 0 Å². The van der Waals surface area contributed by atoms with Crippen LogP contribution in [0.4, 0.5) is 0 Å². The van der Waals surface area contributed by atoms with Gasteiger partial charge in [-0.2, -0.15) is 0 Å². The van der Waals surface area contributed by atoms with Crippen molar-refractivity contribution in [2.45, 2.75) is 39.4 Å². The van der Waals surface area contributed by atoms with Crippen LogP contribution in [0.15, 0.2) is 46.0 Å². The van der Waals surface area contributed by atoms with Crippen molar-refractivity contribution >= 4 is 5.96 Å². The van der Waals surface area contributed by atoms with Crippen LogP contribution in [0.1, 0.15) is 30.7 Å². The average molecular weight is 365 g/mol. The molecule has 1 aromatic carbocycles. The Morgan fingerprint density at radius 3 is 2.96 bits per heavy atom. The molecule has 2 aromatic heterocycles. The molecule has 0 unspecified atom stereocenters. The number of aromatic nitrogens is 4. The first-order valence-corrected chi connectivity index (χ1v) is 9.26. The molecule has 0 spiro atoms. The summed E-state index contributed by atoms with van der Waals surface area (Å²) in [4.78, 5) is 9.11. The molecule has 3 aromatic rings. The fourth-order valence-electron chi connectivity index (χ4n) is 3.10. The molecule has 3 heterocycles. The first-order valence-electron chi connectivity index (χ1n) is 9.26. The van der Waals surface area contributed by atoms with Crippen molar-refractivity contribution in [3.63, 3.8) is 0 Å². The van der Waals surface area contributed by atoms with Crippen molar-refractivity contribution < 1.29 is 4.42 Å². The lowest BCUT2D eigenvalue weighted by molar-refractivity contribution is 0.572. The molecule has 27 heavy (non-hydrogen) atoms. The molecule has 0 radical (unpaired) electrons. The fraction of sp³-hybridized carbons (Fsp3) is 0.368. The second-order valence-corrected chi connectivity index (χ2v) is 6.35. The SMILES string of the molecule is CCNC(=NCc1coc(-c2ccccc2)n1)NCc1nnc2n1CCC2. The molecule has 0 fully saturated rings. The summed E-state index contributed by atoms with van der Waals surface area (Å²) in [5, 5.41) is 15.1. The van der Waals surface area contributed by atoms with E-state index in [9.17, 15) is 0 Å². The summed E-state index contributed by atoms with van der Waals surface area (Å²) in [6, 6.07) is 9.84. The minimum absolute atomic E-state index is 0.434. The molecule has 0 aliphatic carbocycles. The Bertz CT molecular complexity index is 913. The predicted molar refractivity (Wildman–Crippen MR) is 102 cm³/mol. The van der Waals surface area contributed by atoms with E-state index in [1.165, 1.54) is 0 Å². The molecule has 0 atom stereocenters. The minimum atomic E-state index is 0.434. The Balaban J connectivity index is 1.40. The molecular weight excluding hydrogens is 342 g/mol. The van der Waals surface area contributed by atoms with Gasteiger partial charge in [0.2, 0.25) is 5.89 Å². The van der Waals surface area contributed by atoms with E-state index in [1.54, 1.807) is 6.26 Å². The summed E-state index contributed by atoms with van der Waals surface area (Å²) >= 11 is 0. The first kappa shape index (κ1) is 17.3. The van der Waals surface area contributed by atoms with Crippen LogP contribution in [0.2, 0.25) is 0 Å². The average Bonchev–Trinajstić information content (AvgIpc) is 3.42. The Kier molecular flexibility index (Phi) is 5.13. The molecule has 0 amide bonds. The summed E-state index contributed by atoms with van der Waals surface area (Å²) in [6.07, 6.45) is 3.81. The molecule has 0 saturated heterocycles. The van der Waals surface area contributed by atoms with Gasteiger partial charge in [0.1, 0.15) is 17.8 Å². The monoisotopic (exact) mass is 365 g/mol. The van der Waals surface area contributed by atoms with Gasteiger partial charge in [-0.25, -0.2) is 9.98 Å². The first-order chi connectivity index (χ1) is 13.3. The Morgan fingerprint density at radius 1 is 1.22 bits per heavy atom. The molecule has 1 aliphatic rings. The molecule has 2 N–H and O–H groups in total. The lowest BCUT2D eigenvalue weighted by atomic mass is 10.2. The Hall–Kier alpha value is -3.16. The van der Waals surface area contributed by atoms with Gasteiger partial charge in [0.15, 0.2) is 11.8 Å². The number of guanidine groups is 1. The van der Waals surface area contributed by atoms with E-state index in [2.05, 4.69) is 35.4 Å². The number of hydrogen-bond donors (Lipinski definition) is 2. The molecule has 0 saturated carbocycles. The maximum atomic E-state index is 5.57. The maximum Gasteiger partial charge on any atom is 0.226 e. The molecular formula is C19H23N7O. The molecule has 8 heteroatoms. The van der Waals surface area contributed by atoms with E-state index >= 15 is 0 Å². The summed E-state index contributed by atoms with van der Waals surface area (Å²) in [6.45, 7) is 4.83. The zero-order valence-electron chi connectivity index (χ0n) is 15.4. The van der Waals surface area contributed by atoms with Gasteiger partial charge in [0, 0.05) is 25.1 Å². The highest BCUT2D eigenvalue weighted by Crippen LogP contribution is 2.18. The summed E-state index contributed by atoms with van der Waals surface area (Å²) in [5.41, 5.74) is 1.74. The largest absolute Gasteiger partial charge is 0.444 e. The van der Waals surface area contributed by atoms with Crippen molar-refractivity contribution in [3.8, 4) is 11.5 Å². The lowest BCUT2D eigenvalue weighted by Crippen LogP contribution is -2.37. The number of benzene rings is 1. The van der Waals surface area contributed by atoms with E-state index in [4.69, 9.17) is 4.42 Å². The van der Waals surface area contributed by atoms with Gasteiger partial charge in [0.05, 0.1) is 13.1 Å².